The Bertz CT molecular complexity index is 498. The van der Waals surface area contributed by atoms with Crippen LogP contribution in [0.5, 0.6) is 0 Å². The summed E-state index contributed by atoms with van der Waals surface area (Å²) in [5.74, 6) is -0.204. The van der Waals surface area contributed by atoms with Gasteiger partial charge in [0.1, 0.15) is 5.82 Å². The Morgan fingerprint density at radius 1 is 1.41 bits per heavy atom. The van der Waals surface area contributed by atoms with Crippen LogP contribution in [0.3, 0.4) is 0 Å². The van der Waals surface area contributed by atoms with Crippen molar-refractivity contribution in [3.05, 3.63) is 27.6 Å². The monoisotopic (exact) mass is 419 g/mol. The number of halogens is 2. The molecule has 1 saturated heterocycles. The molecular weight excluding hydrogens is 396 g/mol. The molecule has 0 radical (unpaired) electrons. The van der Waals surface area contributed by atoms with Crippen molar-refractivity contribution in [1.82, 2.24) is 10.2 Å². The molecule has 1 heterocycles. The van der Waals surface area contributed by atoms with Crippen LogP contribution in [0.4, 0.5) is 14.9 Å². The summed E-state index contributed by atoms with van der Waals surface area (Å²) in [7, 11) is 2.00. The molecule has 2 rings (SSSR count). The van der Waals surface area contributed by atoms with Crippen molar-refractivity contribution in [2.24, 2.45) is 0 Å². The van der Waals surface area contributed by atoms with E-state index >= 15 is 0 Å². The number of benzene rings is 1. The van der Waals surface area contributed by atoms with Crippen LogP contribution in [0.1, 0.15) is 26.2 Å². The molecule has 6 heteroatoms. The predicted octanol–water partition coefficient (Wildman–Crippen LogP) is 3.45. The van der Waals surface area contributed by atoms with E-state index in [1.807, 2.05) is 24.9 Å². The van der Waals surface area contributed by atoms with Gasteiger partial charge < -0.3 is 15.1 Å². The Balaban J connectivity index is 1.92. The summed E-state index contributed by atoms with van der Waals surface area (Å²) in [4.78, 5) is 15.9. The van der Waals surface area contributed by atoms with Gasteiger partial charge in [-0.2, -0.15) is 0 Å². The summed E-state index contributed by atoms with van der Waals surface area (Å²) in [5, 5.41) is 2.92. The Morgan fingerprint density at radius 2 is 2.09 bits per heavy atom. The highest BCUT2D eigenvalue weighted by Gasteiger charge is 2.25. The molecule has 1 aliphatic rings. The number of amides is 2. The second kappa shape index (κ2) is 7.99. The van der Waals surface area contributed by atoms with Gasteiger partial charge in [0.2, 0.25) is 0 Å². The quantitative estimate of drug-likeness (QED) is 0.760. The fourth-order valence-corrected chi connectivity index (χ4v) is 3.37. The second-order valence-corrected chi connectivity index (χ2v) is 6.93. The smallest absolute Gasteiger partial charge is 0.317 e. The lowest BCUT2D eigenvalue weighted by molar-refractivity contribution is 0.181. The number of rotatable bonds is 4. The number of hydrogen-bond donors (Lipinski definition) is 1. The molecule has 1 fully saturated rings. The Kier molecular flexibility index (Phi) is 6.28. The van der Waals surface area contributed by atoms with Gasteiger partial charge in [-0.15, -0.1) is 0 Å². The molecule has 2 amide bonds. The van der Waals surface area contributed by atoms with Crippen LogP contribution in [0.25, 0.3) is 0 Å². The molecule has 0 atom stereocenters. The molecule has 1 aromatic rings. The molecule has 0 aromatic heterocycles. The third kappa shape index (κ3) is 4.47. The molecule has 4 nitrogen and oxygen atoms in total. The normalized spacial score (nSPS) is 15.7. The average molecular weight is 419 g/mol. The van der Waals surface area contributed by atoms with E-state index in [9.17, 15) is 9.18 Å². The zero-order valence-corrected chi connectivity index (χ0v) is 15.3. The molecule has 1 N–H and O–H groups in total. The maximum absolute atomic E-state index is 13.5. The number of piperidine rings is 1. The predicted molar refractivity (Wildman–Crippen MR) is 95.8 cm³/mol. The minimum atomic E-state index is -0.204. The average Bonchev–Trinajstić information content (AvgIpc) is 2.51. The first kappa shape index (κ1) is 17.3. The van der Waals surface area contributed by atoms with Crippen molar-refractivity contribution in [1.29, 1.82) is 0 Å². The lowest BCUT2D eigenvalue weighted by Crippen LogP contribution is -2.49. The van der Waals surface area contributed by atoms with E-state index in [0.717, 1.165) is 48.2 Å². The van der Waals surface area contributed by atoms with E-state index < -0.39 is 0 Å². The van der Waals surface area contributed by atoms with Crippen molar-refractivity contribution in [3.63, 3.8) is 0 Å². The van der Waals surface area contributed by atoms with Crippen molar-refractivity contribution >= 4 is 34.3 Å². The lowest BCUT2D eigenvalue weighted by atomic mass is 10.0. The number of carbonyl (C=O) groups excluding carboxylic acids is 1. The van der Waals surface area contributed by atoms with Gasteiger partial charge >= 0.3 is 6.03 Å². The van der Waals surface area contributed by atoms with Crippen LogP contribution in [0, 0.1) is 9.39 Å². The minimum absolute atomic E-state index is 0.0308. The van der Waals surface area contributed by atoms with Gasteiger partial charge in [-0.05, 0) is 60.1 Å². The van der Waals surface area contributed by atoms with Gasteiger partial charge in [-0.3, -0.25) is 0 Å². The summed E-state index contributed by atoms with van der Waals surface area (Å²) >= 11 is 2.13. The number of hydrogen-bond acceptors (Lipinski definition) is 2. The molecule has 122 valence electrons. The summed E-state index contributed by atoms with van der Waals surface area (Å²) < 4.78 is 14.4. The third-order valence-electron chi connectivity index (χ3n) is 4.08. The highest BCUT2D eigenvalue weighted by Crippen LogP contribution is 2.24. The van der Waals surface area contributed by atoms with E-state index in [2.05, 4.69) is 32.8 Å². The fourth-order valence-electron chi connectivity index (χ4n) is 2.75. The topological polar surface area (TPSA) is 35.6 Å². The summed E-state index contributed by atoms with van der Waals surface area (Å²) in [6.45, 7) is 4.26. The van der Waals surface area contributed by atoms with Gasteiger partial charge in [0.15, 0.2) is 0 Å². The first-order chi connectivity index (χ1) is 10.5. The summed E-state index contributed by atoms with van der Waals surface area (Å²) in [6.07, 6.45) is 2.76. The molecule has 0 bridgehead atoms. The summed E-state index contributed by atoms with van der Waals surface area (Å²) in [5.41, 5.74) is 0.901. The van der Waals surface area contributed by atoms with Crippen molar-refractivity contribution in [3.8, 4) is 0 Å². The maximum Gasteiger partial charge on any atom is 0.317 e. The van der Waals surface area contributed by atoms with Crippen LogP contribution in [0.15, 0.2) is 18.2 Å². The van der Waals surface area contributed by atoms with Gasteiger partial charge in [-0.25, -0.2) is 9.18 Å². The third-order valence-corrected chi connectivity index (χ3v) is 4.70. The van der Waals surface area contributed by atoms with Crippen molar-refractivity contribution in [2.45, 2.75) is 32.2 Å². The van der Waals surface area contributed by atoms with E-state index in [0.29, 0.717) is 6.04 Å². The van der Waals surface area contributed by atoms with E-state index in [4.69, 9.17) is 0 Å². The molecule has 22 heavy (non-hydrogen) atoms. The fraction of sp³-hybridized carbons (Fsp3) is 0.562. The Morgan fingerprint density at radius 3 is 2.68 bits per heavy atom. The number of anilines is 1. The van der Waals surface area contributed by atoms with Crippen LogP contribution in [0.2, 0.25) is 0 Å². The van der Waals surface area contributed by atoms with Crippen LogP contribution < -0.4 is 10.2 Å². The second-order valence-electron chi connectivity index (χ2n) is 5.69. The molecule has 1 aliphatic heterocycles. The van der Waals surface area contributed by atoms with Crippen molar-refractivity contribution in [2.75, 3.05) is 31.6 Å². The van der Waals surface area contributed by atoms with Crippen LogP contribution in [-0.4, -0.2) is 43.7 Å². The largest absolute Gasteiger partial charge is 0.371 e. The molecule has 0 aliphatic carbocycles. The van der Waals surface area contributed by atoms with E-state index in [1.165, 1.54) is 6.07 Å². The van der Waals surface area contributed by atoms with Crippen LogP contribution in [-0.2, 0) is 0 Å². The highest BCUT2D eigenvalue weighted by atomic mass is 127. The van der Waals surface area contributed by atoms with Gasteiger partial charge in [0, 0.05) is 42.0 Å². The lowest BCUT2D eigenvalue weighted by Gasteiger charge is -2.37. The number of likely N-dealkylation sites (tertiary alicyclic amines) is 1. The SMILES string of the molecule is CCCNC(=O)N1CCC(N(C)c2cc(F)cc(I)c2)CC1. The molecule has 0 unspecified atom stereocenters. The minimum Gasteiger partial charge on any atom is -0.371 e. The summed E-state index contributed by atoms with van der Waals surface area (Å²) in [6, 6.07) is 5.46. The number of urea groups is 1. The van der Waals surface area contributed by atoms with Gasteiger partial charge in [0.05, 0.1) is 0 Å². The van der Waals surface area contributed by atoms with Crippen molar-refractivity contribution < 1.29 is 9.18 Å². The van der Waals surface area contributed by atoms with Gasteiger partial charge in [-0.1, -0.05) is 6.92 Å². The number of nitrogens with zero attached hydrogens (tertiary/aromatic N) is 2. The zero-order chi connectivity index (χ0) is 16.1. The van der Waals surface area contributed by atoms with E-state index in [-0.39, 0.29) is 11.8 Å². The zero-order valence-electron chi connectivity index (χ0n) is 13.1. The van der Waals surface area contributed by atoms with Crippen LogP contribution >= 0.6 is 22.6 Å². The molecule has 1 aromatic carbocycles. The number of nitrogens with one attached hydrogen (secondary N) is 1. The molecule has 0 spiro atoms. The van der Waals surface area contributed by atoms with Gasteiger partial charge in [0.25, 0.3) is 0 Å². The first-order valence-corrected chi connectivity index (χ1v) is 8.81. The Labute approximate surface area is 145 Å². The van der Waals surface area contributed by atoms with E-state index in [1.54, 1.807) is 6.07 Å². The Hall–Kier alpha value is -1.05. The first-order valence-electron chi connectivity index (χ1n) is 7.73. The highest BCUT2D eigenvalue weighted by molar-refractivity contribution is 14.1. The molecule has 0 saturated carbocycles. The molecular formula is C16H23FIN3O. The maximum atomic E-state index is 13.5. The number of carbonyl (C=O) groups is 1. The standard InChI is InChI=1S/C16H23FIN3O/c1-3-6-19-16(22)21-7-4-14(5-8-21)20(2)15-10-12(17)9-13(18)11-15/h9-11,14H,3-8H2,1-2H3,(H,19,22).